The summed E-state index contributed by atoms with van der Waals surface area (Å²) in [5.74, 6) is -0.492. The number of nitrogens with zero attached hydrogens (tertiary/aromatic N) is 1. The van der Waals surface area contributed by atoms with Crippen molar-refractivity contribution in [3.05, 3.63) is 62.9 Å². The van der Waals surface area contributed by atoms with E-state index in [9.17, 15) is 14.5 Å². The van der Waals surface area contributed by atoms with Crippen molar-refractivity contribution in [2.24, 2.45) is 0 Å². The second-order valence-corrected chi connectivity index (χ2v) is 4.23. The Hall–Kier alpha value is -1.75. The van der Waals surface area contributed by atoms with E-state index < -0.39 is 10.7 Å². The quantitative estimate of drug-likeness (QED) is 0.617. The molecule has 0 amide bonds. The van der Waals surface area contributed by atoms with Crippen LogP contribution in [0.15, 0.2) is 46.9 Å². The average Bonchev–Trinajstić information content (AvgIpc) is 2.29. The summed E-state index contributed by atoms with van der Waals surface area (Å²) in [7, 11) is 0. The van der Waals surface area contributed by atoms with Crippen LogP contribution in [0.2, 0.25) is 0 Å². The number of hydrogen-bond donors (Lipinski definition) is 0. The molecule has 17 heavy (non-hydrogen) atoms. The van der Waals surface area contributed by atoms with Crippen LogP contribution < -0.4 is 0 Å². The van der Waals surface area contributed by atoms with Gasteiger partial charge >= 0.3 is 0 Å². The second kappa shape index (κ2) is 4.63. The molecule has 0 aliphatic carbocycles. The van der Waals surface area contributed by atoms with Crippen molar-refractivity contribution in [3.63, 3.8) is 0 Å². The molecule has 0 radical (unpaired) electrons. The van der Waals surface area contributed by atoms with Gasteiger partial charge in [-0.25, -0.2) is 4.39 Å². The molecular formula is C12H7BrFNO2. The van der Waals surface area contributed by atoms with E-state index in [2.05, 4.69) is 15.9 Å². The highest BCUT2D eigenvalue weighted by Crippen LogP contribution is 2.36. The Morgan fingerprint density at radius 2 is 1.82 bits per heavy atom. The normalized spacial score (nSPS) is 10.2. The molecule has 5 heteroatoms. The zero-order valence-corrected chi connectivity index (χ0v) is 10.1. The third kappa shape index (κ3) is 2.19. The zero-order valence-electron chi connectivity index (χ0n) is 8.56. The maximum Gasteiger partial charge on any atom is 0.277 e. The van der Waals surface area contributed by atoms with Crippen molar-refractivity contribution in [1.29, 1.82) is 0 Å². The molecule has 0 bridgehead atoms. The minimum Gasteiger partial charge on any atom is -0.258 e. The van der Waals surface area contributed by atoms with Crippen LogP contribution in [-0.4, -0.2) is 4.92 Å². The van der Waals surface area contributed by atoms with Crippen molar-refractivity contribution in [2.45, 2.75) is 0 Å². The number of halogens is 2. The van der Waals surface area contributed by atoms with Crippen molar-refractivity contribution in [1.82, 2.24) is 0 Å². The lowest BCUT2D eigenvalue weighted by Crippen LogP contribution is -1.94. The monoisotopic (exact) mass is 295 g/mol. The smallest absolute Gasteiger partial charge is 0.258 e. The Balaban J connectivity index is 2.73. The number of hydrogen-bond acceptors (Lipinski definition) is 2. The third-order valence-electron chi connectivity index (χ3n) is 2.33. The van der Waals surface area contributed by atoms with Gasteiger partial charge in [0.2, 0.25) is 0 Å². The highest BCUT2D eigenvalue weighted by molar-refractivity contribution is 9.10. The molecule has 0 fully saturated rings. The molecule has 0 atom stereocenters. The van der Waals surface area contributed by atoms with E-state index in [0.29, 0.717) is 4.47 Å². The summed E-state index contributed by atoms with van der Waals surface area (Å²) < 4.78 is 14.2. The largest absolute Gasteiger partial charge is 0.277 e. The second-order valence-electron chi connectivity index (χ2n) is 3.37. The van der Waals surface area contributed by atoms with E-state index in [4.69, 9.17) is 0 Å². The fourth-order valence-corrected chi connectivity index (χ4v) is 2.15. The van der Waals surface area contributed by atoms with Crippen LogP contribution in [0.25, 0.3) is 11.1 Å². The fourth-order valence-electron chi connectivity index (χ4n) is 1.60. The fraction of sp³-hybridized carbons (Fsp3) is 0. The van der Waals surface area contributed by atoms with Crippen LogP contribution in [0, 0.1) is 15.9 Å². The summed E-state index contributed by atoms with van der Waals surface area (Å²) in [5.41, 5.74) is 0.362. The lowest BCUT2D eigenvalue weighted by atomic mass is 10.0. The third-order valence-corrected chi connectivity index (χ3v) is 2.99. The summed E-state index contributed by atoms with van der Waals surface area (Å²) in [5, 5.41) is 10.9. The first-order chi connectivity index (χ1) is 8.11. The lowest BCUT2D eigenvalue weighted by Gasteiger charge is -2.06. The van der Waals surface area contributed by atoms with E-state index in [1.807, 2.05) is 0 Å². The van der Waals surface area contributed by atoms with Gasteiger partial charge in [-0.15, -0.1) is 0 Å². The molecule has 0 unspecified atom stereocenters. The van der Waals surface area contributed by atoms with Gasteiger partial charge in [0.1, 0.15) is 5.82 Å². The Kier molecular flexibility index (Phi) is 3.19. The van der Waals surface area contributed by atoms with E-state index in [0.717, 1.165) is 0 Å². The van der Waals surface area contributed by atoms with Crippen LogP contribution >= 0.6 is 15.9 Å². The minimum absolute atomic E-state index is 0.113. The molecule has 0 aliphatic rings. The standard InChI is InChI=1S/C12H7BrFNO2/c13-9-5-3-6-10(14)12(9)8-4-1-2-7-11(8)15(16)17/h1-7H. The van der Waals surface area contributed by atoms with Crippen LogP contribution in [0.4, 0.5) is 10.1 Å². The molecule has 0 spiro atoms. The molecule has 0 saturated carbocycles. The summed E-state index contributed by atoms with van der Waals surface area (Å²) in [6.07, 6.45) is 0. The first kappa shape index (κ1) is 11.7. The maximum atomic E-state index is 13.7. The zero-order chi connectivity index (χ0) is 12.4. The molecule has 2 aromatic carbocycles. The topological polar surface area (TPSA) is 43.1 Å². The van der Waals surface area contributed by atoms with Crippen molar-refractivity contribution in [2.75, 3.05) is 0 Å². The SMILES string of the molecule is O=[N+]([O-])c1ccccc1-c1c(F)cccc1Br. The molecule has 0 heterocycles. The van der Waals surface area contributed by atoms with Gasteiger partial charge in [-0.05, 0) is 18.2 Å². The van der Waals surface area contributed by atoms with E-state index in [1.165, 1.54) is 24.3 Å². The predicted molar refractivity (Wildman–Crippen MR) is 66.2 cm³/mol. The lowest BCUT2D eigenvalue weighted by molar-refractivity contribution is -0.384. The molecular weight excluding hydrogens is 289 g/mol. The van der Waals surface area contributed by atoms with E-state index >= 15 is 0 Å². The van der Waals surface area contributed by atoms with Crippen LogP contribution in [0.3, 0.4) is 0 Å². The van der Waals surface area contributed by atoms with E-state index in [1.54, 1.807) is 18.2 Å². The van der Waals surface area contributed by atoms with Crippen LogP contribution in [-0.2, 0) is 0 Å². The first-order valence-electron chi connectivity index (χ1n) is 4.79. The Bertz CT molecular complexity index is 566. The molecule has 2 rings (SSSR count). The molecule has 3 nitrogen and oxygen atoms in total. The van der Waals surface area contributed by atoms with Crippen molar-refractivity contribution in [3.8, 4) is 11.1 Å². The molecule has 0 aromatic heterocycles. The average molecular weight is 296 g/mol. The first-order valence-corrected chi connectivity index (χ1v) is 5.58. The van der Waals surface area contributed by atoms with Crippen LogP contribution in [0.5, 0.6) is 0 Å². The number of rotatable bonds is 2. The Labute approximate surface area is 105 Å². The number of nitro groups is 1. The van der Waals surface area contributed by atoms with Crippen molar-refractivity contribution >= 4 is 21.6 Å². The number of nitro benzene ring substituents is 1. The highest BCUT2D eigenvalue weighted by atomic mass is 79.9. The summed E-state index contributed by atoms with van der Waals surface area (Å²) in [6.45, 7) is 0. The minimum atomic E-state index is -0.520. The molecule has 0 saturated heterocycles. The summed E-state index contributed by atoms with van der Waals surface area (Å²) in [6, 6.07) is 10.5. The van der Waals surface area contributed by atoms with Gasteiger partial charge in [-0.1, -0.05) is 34.1 Å². The van der Waals surface area contributed by atoms with Gasteiger partial charge < -0.3 is 0 Å². The molecule has 0 aliphatic heterocycles. The predicted octanol–water partition coefficient (Wildman–Crippen LogP) is 4.16. The Morgan fingerprint density at radius 1 is 1.12 bits per heavy atom. The molecule has 2 aromatic rings. The van der Waals surface area contributed by atoms with Crippen LogP contribution in [0.1, 0.15) is 0 Å². The van der Waals surface area contributed by atoms with Gasteiger partial charge in [-0.2, -0.15) is 0 Å². The maximum absolute atomic E-state index is 13.7. The highest BCUT2D eigenvalue weighted by Gasteiger charge is 2.19. The summed E-state index contributed by atoms with van der Waals surface area (Å²) >= 11 is 3.20. The molecule has 0 N–H and O–H groups in total. The Morgan fingerprint density at radius 3 is 2.47 bits per heavy atom. The van der Waals surface area contributed by atoms with Gasteiger partial charge in [0.25, 0.3) is 5.69 Å². The van der Waals surface area contributed by atoms with E-state index in [-0.39, 0.29) is 16.8 Å². The summed E-state index contributed by atoms with van der Waals surface area (Å²) in [4.78, 5) is 10.4. The van der Waals surface area contributed by atoms with Crippen molar-refractivity contribution < 1.29 is 9.31 Å². The number of benzene rings is 2. The van der Waals surface area contributed by atoms with Gasteiger partial charge in [0, 0.05) is 16.1 Å². The number of para-hydroxylation sites is 1. The molecule has 86 valence electrons. The van der Waals surface area contributed by atoms with Gasteiger partial charge in [0.05, 0.1) is 10.5 Å². The van der Waals surface area contributed by atoms with Gasteiger partial charge in [-0.3, -0.25) is 10.1 Å². The van der Waals surface area contributed by atoms with Gasteiger partial charge in [0.15, 0.2) is 0 Å².